The van der Waals surface area contributed by atoms with E-state index in [9.17, 15) is 9.18 Å². The van der Waals surface area contributed by atoms with Crippen LogP contribution in [0, 0.1) is 12.7 Å². The first-order valence-electron chi connectivity index (χ1n) is 6.90. The molecular formula is C15H21FN2O. The van der Waals surface area contributed by atoms with Gasteiger partial charge >= 0.3 is 0 Å². The fourth-order valence-electron chi connectivity index (χ4n) is 2.50. The molecule has 1 heterocycles. The third-order valence-electron chi connectivity index (χ3n) is 3.62. The molecule has 1 aliphatic rings. The first kappa shape index (κ1) is 14.0. The summed E-state index contributed by atoms with van der Waals surface area (Å²) in [6.45, 7) is 3.52. The average molecular weight is 264 g/mol. The van der Waals surface area contributed by atoms with E-state index in [-0.39, 0.29) is 11.7 Å². The topological polar surface area (TPSA) is 41.1 Å². The lowest BCUT2D eigenvalue weighted by Gasteiger charge is -2.11. The first-order valence-corrected chi connectivity index (χ1v) is 6.90. The molecule has 1 aromatic rings. The summed E-state index contributed by atoms with van der Waals surface area (Å²) < 4.78 is 12.9. The van der Waals surface area contributed by atoms with Crippen LogP contribution in [0.4, 0.5) is 4.39 Å². The number of carbonyl (C=O) groups excluding carboxylic acids is 1. The van der Waals surface area contributed by atoms with Gasteiger partial charge in [-0.15, -0.1) is 0 Å². The van der Waals surface area contributed by atoms with Gasteiger partial charge in [0.05, 0.1) is 0 Å². The molecule has 1 fully saturated rings. The number of aryl methyl sites for hydroxylation is 1. The Bertz CT molecular complexity index is 442. The summed E-state index contributed by atoms with van der Waals surface area (Å²) >= 11 is 0. The standard InChI is InChI=1S/C15H21FN2O/c1-11-9-13(16)5-4-12(11)6-8-18-15(19)10-14-3-2-7-17-14/h4-5,9,14,17H,2-3,6-8,10H2,1H3,(H,18,19). The number of nitrogens with one attached hydrogen (secondary N) is 2. The summed E-state index contributed by atoms with van der Waals surface area (Å²) in [5, 5.41) is 6.24. The number of benzene rings is 1. The number of rotatable bonds is 5. The van der Waals surface area contributed by atoms with E-state index in [1.54, 1.807) is 6.07 Å². The summed E-state index contributed by atoms with van der Waals surface area (Å²) in [7, 11) is 0. The van der Waals surface area contributed by atoms with Crippen molar-refractivity contribution in [3.8, 4) is 0 Å². The second-order valence-corrected chi connectivity index (χ2v) is 5.17. The van der Waals surface area contributed by atoms with Gasteiger partial charge in [0.1, 0.15) is 5.82 Å². The number of carbonyl (C=O) groups is 1. The Labute approximate surface area is 113 Å². The predicted octanol–water partition coefficient (Wildman–Crippen LogP) is 1.93. The minimum atomic E-state index is -0.211. The fourth-order valence-corrected chi connectivity index (χ4v) is 2.50. The molecule has 1 amide bonds. The third-order valence-corrected chi connectivity index (χ3v) is 3.62. The second kappa shape index (κ2) is 6.66. The van der Waals surface area contributed by atoms with Gasteiger partial charge in [0.15, 0.2) is 0 Å². The zero-order valence-electron chi connectivity index (χ0n) is 11.3. The number of hydrogen-bond acceptors (Lipinski definition) is 2. The molecule has 0 bridgehead atoms. The molecule has 1 aliphatic heterocycles. The van der Waals surface area contributed by atoms with Crippen molar-refractivity contribution in [3.05, 3.63) is 35.1 Å². The molecular weight excluding hydrogens is 243 g/mol. The lowest BCUT2D eigenvalue weighted by molar-refractivity contribution is -0.121. The Morgan fingerprint density at radius 3 is 3.05 bits per heavy atom. The van der Waals surface area contributed by atoms with Crippen molar-refractivity contribution in [1.82, 2.24) is 10.6 Å². The minimum absolute atomic E-state index is 0.0964. The van der Waals surface area contributed by atoms with Crippen LogP contribution in [0.25, 0.3) is 0 Å². The van der Waals surface area contributed by atoms with Crippen LogP contribution in [0.5, 0.6) is 0 Å². The van der Waals surface area contributed by atoms with Crippen molar-refractivity contribution in [3.63, 3.8) is 0 Å². The molecule has 3 nitrogen and oxygen atoms in total. The second-order valence-electron chi connectivity index (χ2n) is 5.17. The van der Waals surface area contributed by atoms with Crippen molar-refractivity contribution in [2.45, 2.75) is 38.6 Å². The van der Waals surface area contributed by atoms with Gasteiger partial charge in [0.25, 0.3) is 0 Å². The van der Waals surface area contributed by atoms with Crippen LogP contribution in [0.15, 0.2) is 18.2 Å². The Morgan fingerprint density at radius 2 is 2.37 bits per heavy atom. The van der Waals surface area contributed by atoms with Crippen LogP contribution in [0.2, 0.25) is 0 Å². The summed E-state index contributed by atoms with van der Waals surface area (Å²) in [5.41, 5.74) is 2.02. The van der Waals surface area contributed by atoms with Crippen LogP contribution in [0.1, 0.15) is 30.4 Å². The van der Waals surface area contributed by atoms with E-state index < -0.39 is 0 Å². The van der Waals surface area contributed by atoms with Gasteiger partial charge in [0, 0.05) is 19.0 Å². The van der Waals surface area contributed by atoms with E-state index in [2.05, 4.69) is 10.6 Å². The molecule has 0 aliphatic carbocycles. The van der Waals surface area contributed by atoms with Crippen LogP contribution in [0.3, 0.4) is 0 Å². The number of hydrogen-bond donors (Lipinski definition) is 2. The molecule has 0 aromatic heterocycles. The first-order chi connectivity index (χ1) is 9.15. The van der Waals surface area contributed by atoms with Gasteiger partial charge in [-0.25, -0.2) is 4.39 Å². The van der Waals surface area contributed by atoms with Crippen molar-refractivity contribution in [2.75, 3.05) is 13.1 Å². The highest BCUT2D eigenvalue weighted by Gasteiger charge is 2.17. The van der Waals surface area contributed by atoms with Gasteiger partial charge in [-0.1, -0.05) is 6.07 Å². The lowest BCUT2D eigenvalue weighted by Crippen LogP contribution is -2.32. The largest absolute Gasteiger partial charge is 0.356 e. The maximum Gasteiger partial charge on any atom is 0.221 e. The van der Waals surface area contributed by atoms with E-state index in [0.29, 0.717) is 19.0 Å². The summed E-state index contributed by atoms with van der Waals surface area (Å²) in [6, 6.07) is 5.12. The summed E-state index contributed by atoms with van der Waals surface area (Å²) in [5.74, 6) is -0.114. The highest BCUT2D eigenvalue weighted by molar-refractivity contribution is 5.76. The average Bonchev–Trinajstić information content (AvgIpc) is 2.84. The quantitative estimate of drug-likeness (QED) is 0.853. The number of halogens is 1. The molecule has 0 saturated carbocycles. The predicted molar refractivity (Wildman–Crippen MR) is 73.5 cm³/mol. The Kier molecular flexibility index (Phi) is 4.91. The smallest absolute Gasteiger partial charge is 0.221 e. The van der Waals surface area contributed by atoms with Gasteiger partial charge in [-0.3, -0.25) is 4.79 Å². The zero-order chi connectivity index (χ0) is 13.7. The maximum atomic E-state index is 12.9. The van der Waals surface area contributed by atoms with Crippen molar-refractivity contribution >= 4 is 5.91 Å². The van der Waals surface area contributed by atoms with E-state index >= 15 is 0 Å². The Morgan fingerprint density at radius 1 is 1.53 bits per heavy atom. The van der Waals surface area contributed by atoms with E-state index in [1.807, 2.05) is 6.92 Å². The SMILES string of the molecule is Cc1cc(F)ccc1CCNC(=O)CC1CCCN1. The molecule has 0 radical (unpaired) electrons. The summed E-state index contributed by atoms with van der Waals surface area (Å²) in [6.07, 6.45) is 3.55. The van der Waals surface area contributed by atoms with Crippen LogP contribution >= 0.6 is 0 Å². The van der Waals surface area contributed by atoms with E-state index in [1.165, 1.54) is 12.1 Å². The monoisotopic (exact) mass is 264 g/mol. The van der Waals surface area contributed by atoms with Gasteiger partial charge in [-0.05, 0) is 56.0 Å². The fraction of sp³-hybridized carbons (Fsp3) is 0.533. The Balaban J connectivity index is 1.72. The molecule has 4 heteroatoms. The molecule has 19 heavy (non-hydrogen) atoms. The highest BCUT2D eigenvalue weighted by Crippen LogP contribution is 2.11. The molecule has 1 saturated heterocycles. The van der Waals surface area contributed by atoms with Crippen LogP contribution < -0.4 is 10.6 Å². The van der Waals surface area contributed by atoms with Gasteiger partial charge < -0.3 is 10.6 Å². The van der Waals surface area contributed by atoms with Gasteiger partial charge in [-0.2, -0.15) is 0 Å². The minimum Gasteiger partial charge on any atom is -0.356 e. The molecule has 2 N–H and O–H groups in total. The Hall–Kier alpha value is -1.42. The van der Waals surface area contributed by atoms with E-state index in [4.69, 9.17) is 0 Å². The van der Waals surface area contributed by atoms with Gasteiger partial charge in [0.2, 0.25) is 5.91 Å². The van der Waals surface area contributed by atoms with E-state index in [0.717, 1.165) is 36.9 Å². The normalized spacial score (nSPS) is 18.5. The maximum absolute atomic E-state index is 12.9. The molecule has 1 aromatic carbocycles. The number of amides is 1. The highest BCUT2D eigenvalue weighted by atomic mass is 19.1. The summed E-state index contributed by atoms with van der Waals surface area (Å²) in [4.78, 5) is 11.7. The zero-order valence-corrected chi connectivity index (χ0v) is 11.3. The molecule has 0 spiro atoms. The molecule has 1 atom stereocenters. The molecule has 104 valence electrons. The van der Waals surface area contributed by atoms with Crippen LogP contribution in [-0.2, 0) is 11.2 Å². The van der Waals surface area contributed by atoms with Crippen molar-refractivity contribution in [2.24, 2.45) is 0 Å². The molecule has 2 rings (SSSR count). The van der Waals surface area contributed by atoms with Crippen LogP contribution in [-0.4, -0.2) is 25.0 Å². The van der Waals surface area contributed by atoms with Crippen molar-refractivity contribution in [1.29, 1.82) is 0 Å². The third kappa shape index (κ3) is 4.31. The molecule has 1 unspecified atom stereocenters. The van der Waals surface area contributed by atoms with Crippen molar-refractivity contribution < 1.29 is 9.18 Å². The lowest BCUT2D eigenvalue weighted by atomic mass is 10.1.